The van der Waals surface area contributed by atoms with Crippen LogP contribution in [0.15, 0.2) is 54.6 Å². The van der Waals surface area contributed by atoms with Crippen LogP contribution in [-0.2, 0) is 19.1 Å². The quantitative estimate of drug-likeness (QED) is 0.810. The van der Waals surface area contributed by atoms with Crippen molar-refractivity contribution in [3.8, 4) is 11.1 Å². The van der Waals surface area contributed by atoms with Gasteiger partial charge in [0.15, 0.2) is 6.10 Å². The van der Waals surface area contributed by atoms with Crippen LogP contribution in [0.4, 0.5) is 5.69 Å². The molecule has 1 saturated heterocycles. The van der Waals surface area contributed by atoms with Gasteiger partial charge in [-0.1, -0.05) is 48.5 Å². The number of carbonyl (C=O) groups excluding carboxylic acids is 3. The molecule has 0 aliphatic carbocycles. The molecule has 2 aromatic carbocycles. The number of nitrogens with one attached hydrogen (secondary N) is 2. The van der Waals surface area contributed by atoms with Gasteiger partial charge in [-0.2, -0.15) is 0 Å². The Kier molecular flexibility index (Phi) is 5.31. The smallest absolute Gasteiger partial charge is 0.329 e. The van der Waals surface area contributed by atoms with Crippen molar-refractivity contribution in [2.75, 3.05) is 5.32 Å². The third-order valence-electron chi connectivity index (χ3n) is 4.21. The molecular weight excluding hydrogens is 332 g/mol. The first-order valence-corrected chi connectivity index (χ1v) is 8.50. The molecule has 0 unspecified atom stereocenters. The van der Waals surface area contributed by atoms with Crippen LogP contribution in [0.2, 0.25) is 0 Å². The Morgan fingerprint density at radius 1 is 1.12 bits per heavy atom. The lowest BCUT2D eigenvalue weighted by atomic mass is 10.0. The van der Waals surface area contributed by atoms with Crippen LogP contribution in [0, 0.1) is 0 Å². The second-order valence-corrected chi connectivity index (χ2v) is 6.14. The summed E-state index contributed by atoms with van der Waals surface area (Å²) in [5.74, 6) is -1.19. The van der Waals surface area contributed by atoms with Crippen molar-refractivity contribution >= 4 is 23.5 Å². The highest BCUT2D eigenvalue weighted by molar-refractivity contribution is 5.99. The summed E-state index contributed by atoms with van der Waals surface area (Å²) in [5, 5.41) is 5.34. The van der Waals surface area contributed by atoms with E-state index in [1.165, 1.54) is 6.92 Å². The monoisotopic (exact) mass is 352 g/mol. The maximum absolute atomic E-state index is 12.4. The van der Waals surface area contributed by atoms with Crippen LogP contribution >= 0.6 is 0 Å². The number of esters is 1. The van der Waals surface area contributed by atoms with Gasteiger partial charge in [-0.3, -0.25) is 9.59 Å². The third-order valence-corrected chi connectivity index (χ3v) is 4.21. The van der Waals surface area contributed by atoms with E-state index in [4.69, 9.17) is 4.74 Å². The average molecular weight is 352 g/mol. The van der Waals surface area contributed by atoms with Crippen molar-refractivity contribution in [2.45, 2.75) is 31.9 Å². The van der Waals surface area contributed by atoms with E-state index < -0.39 is 24.0 Å². The van der Waals surface area contributed by atoms with E-state index >= 15 is 0 Å². The minimum Gasteiger partial charge on any atom is -0.451 e. The van der Waals surface area contributed by atoms with Gasteiger partial charge in [0.1, 0.15) is 6.04 Å². The molecule has 1 aliphatic heterocycles. The molecule has 1 aliphatic rings. The Hall–Kier alpha value is -3.15. The third kappa shape index (κ3) is 4.08. The van der Waals surface area contributed by atoms with Crippen molar-refractivity contribution < 1.29 is 19.1 Å². The molecule has 134 valence electrons. The largest absolute Gasteiger partial charge is 0.451 e. The SMILES string of the molecule is C[C@H](OC(=O)[C@H]1CCC(=O)N1)C(=O)Nc1ccccc1-c1ccccc1. The second-order valence-electron chi connectivity index (χ2n) is 6.14. The first kappa shape index (κ1) is 17.7. The zero-order valence-corrected chi connectivity index (χ0v) is 14.4. The topological polar surface area (TPSA) is 84.5 Å². The lowest BCUT2D eigenvalue weighted by Crippen LogP contribution is -2.39. The summed E-state index contributed by atoms with van der Waals surface area (Å²) >= 11 is 0. The fourth-order valence-corrected chi connectivity index (χ4v) is 2.80. The second kappa shape index (κ2) is 7.82. The van der Waals surface area contributed by atoms with Crippen molar-refractivity contribution in [2.24, 2.45) is 0 Å². The van der Waals surface area contributed by atoms with E-state index in [9.17, 15) is 14.4 Å². The first-order chi connectivity index (χ1) is 12.5. The molecule has 1 heterocycles. The number of anilines is 1. The van der Waals surface area contributed by atoms with Crippen molar-refractivity contribution in [1.29, 1.82) is 0 Å². The molecule has 6 heteroatoms. The van der Waals surface area contributed by atoms with Gasteiger partial charge in [-0.15, -0.1) is 0 Å². The number of rotatable bonds is 5. The lowest BCUT2D eigenvalue weighted by molar-refractivity contribution is -0.155. The van der Waals surface area contributed by atoms with Gasteiger partial charge in [-0.25, -0.2) is 4.79 Å². The Bertz CT molecular complexity index is 820. The first-order valence-electron chi connectivity index (χ1n) is 8.50. The van der Waals surface area contributed by atoms with Crippen LogP contribution < -0.4 is 10.6 Å². The molecule has 0 radical (unpaired) electrons. The number of benzene rings is 2. The average Bonchev–Trinajstić information content (AvgIpc) is 3.09. The number of hydrogen-bond donors (Lipinski definition) is 2. The van der Waals surface area contributed by atoms with Crippen LogP contribution in [0.5, 0.6) is 0 Å². The molecule has 0 saturated carbocycles. The molecule has 26 heavy (non-hydrogen) atoms. The van der Waals surface area contributed by atoms with Crippen molar-refractivity contribution in [3.63, 3.8) is 0 Å². The summed E-state index contributed by atoms with van der Waals surface area (Å²) in [6.45, 7) is 1.51. The van der Waals surface area contributed by atoms with Crippen LogP contribution in [0.3, 0.4) is 0 Å². The molecular formula is C20H20N2O4. The summed E-state index contributed by atoms with van der Waals surface area (Å²) in [6, 6.07) is 16.4. The van der Waals surface area contributed by atoms with Crippen LogP contribution in [0.25, 0.3) is 11.1 Å². The van der Waals surface area contributed by atoms with Crippen molar-refractivity contribution in [1.82, 2.24) is 5.32 Å². The lowest BCUT2D eigenvalue weighted by Gasteiger charge is -2.17. The molecule has 0 spiro atoms. The zero-order chi connectivity index (χ0) is 18.5. The molecule has 2 aromatic rings. The molecule has 3 rings (SSSR count). The Labute approximate surface area is 151 Å². The van der Waals surface area contributed by atoms with Gasteiger partial charge < -0.3 is 15.4 Å². The van der Waals surface area contributed by atoms with Gasteiger partial charge in [0.25, 0.3) is 5.91 Å². The van der Waals surface area contributed by atoms with Gasteiger partial charge >= 0.3 is 5.97 Å². The molecule has 2 N–H and O–H groups in total. The summed E-state index contributed by atoms with van der Waals surface area (Å²) < 4.78 is 5.20. The minimum atomic E-state index is -0.969. The highest BCUT2D eigenvalue weighted by Crippen LogP contribution is 2.27. The van der Waals surface area contributed by atoms with Crippen LogP contribution in [-0.4, -0.2) is 29.9 Å². The van der Waals surface area contributed by atoms with E-state index in [1.54, 1.807) is 6.07 Å². The normalized spacial score (nSPS) is 17.3. The van der Waals surface area contributed by atoms with Gasteiger partial charge in [0.2, 0.25) is 5.91 Å². The molecule has 1 fully saturated rings. The van der Waals surface area contributed by atoms with E-state index in [0.29, 0.717) is 18.5 Å². The molecule has 0 aromatic heterocycles. The van der Waals surface area contributed by atoms with Gasteiger partial charge in [-0.05, 0) is 25.0 Å². The van der Waals surface area contributed by atoms with E-state index in [1.807, 2.05) is 48.5 Å². The number of hydrogen-bond acceptors (Lipinski definition) is 4. The Morgan fingerprint density at radius 2 is 1.81 bits per heavy atom. The fourth-order valence-electron chi connectivity index (χ4n) is 2.80. The highest BCUT2D eigenvalue weighted by Gasteiger charge is 2.30. The fraction of sp³-hybridized carbons (Fsp3) is 0.250. The molecule has 2 atom stereocenters. The molecule has 6 nitrogen and oxygen atoms in total. The maximum Gasteiger partial charge on any atom is 0.329 e. The van der Waals surface area contributed by atoms with E-state index in [2.05, 4.69) is 10.6 Å². The number of ether oxygens (including phenoxy) is 1. The summed E-state index contributed by atoms with van der Waals surface area (Å²) in [7, 11) is 0. The highest BCUT2D eigenvalue weighted by atomic mass is 16.5. The minimum absolute atomic E-state index is 0.180. The number of amides is 2. The van der Waals surface area contributed by atoms with Gasteiger partial charge in [0.05, 0.1) is 0 Å². The summed E-state index contributed by atoms with van der Waals surface area (Å²) in [5.41, 5.74) is 2.49. The van der Waals surface area contributed by atoms with E-state index in [0.717, 1.165) is 11.1 Å². The molecule has 0 bridgehead atoms. The van der Waals surface area contributed by atoms with E-state index in [-0.39, 0.29) is 5.91 Å². The summed E-state index contributed by atoms with van der Waals surface area (Å²) in [4.78, 5) is 35.7. The summed E-state index contributed by atoms with van der Waals surface area (Å²) in [6.07, 6.45) is -0.281. The number of para-hydroxylation sites is 1. The predicted molar refractivity (Wildman–Crippen MR) is 97.2 cm³/mol. The zero-order valence-electron chi connectivity index (χ0n) is 14.4. The van der Waals surface area contributed by atoms with Crippen molar-refractivity contribution in [3.05, 3.63) is 54.6 Å². The standard InChI is InChI=1S/C20H20N2O4/c1-13(26-20(25)17-11-12-18(23)21-17)19(24)22-16-10-6-5-9-15(16)14-7-3-2-4-8-14/h2-10,13,17H,11-12H2,1H3,(H,21,23)(H,22,24)/t13-,17+/m0/s1. The Morgan fingerprint density at radius 3 is 2.50 bits per heavy atom. The molecule has 2 amide bonds. The predicted octanol–water partition coefficient (Wildman–Crippen LogP) is 2.50. The Balaban J connectivity index is 1.66. The van der Waals surface area contributed by atoms with Gasteiger partial charge in [0, 0.05) is 17.7 Å². The van der Waals surface area contributed by atoms with Crippen LogP contribution in [0.1, 0.15) is 19.8 Å². The maximum atomic E-state index is 12.4. The number of carbonyl (C=O) groups is 3.